The van der Waals surface area contributed by atoms with Crippen LogP contribution in [0.1, 0.15) is 22.8 Å². The van der Waals surface area contributed by atoms with Crippen molar-refractivity contribution in [1.29, 1.82) is 0 Å². The summed E-state index contributed by atoms with van der Waals surface area (Å²) in [5, 5.41) is 2.85. The molecule has 0 fully saturated rings. The minimum absolute atomic E-state index is 0.107. The number of rotatable bonds is 4. The summed E-state index contributed by atoms with van der Waals surface area (Å²) in [6.07, 6.45) is 0. The van der Waals surface area contributed by atoms with Crippen molar-refractivity contribution in [3.05, 3.63) is 59.7 Å². The summed E-state index contributed by atoms with van der Waals surface area (Å²) in [6, 6.07) is 14.8. The van der Waals surface area contributed by atoms with Crippen molar-refractivity contribution in [2.75, 3.05) is 11.9 Å². The maximum atomic E-state index is 12.0. The fourth-order valence-electron chi connectivity index (χ4n) is 1.71. The third kappa shape index (κ3) is 3.58. The van der Waals surface area contributed by atoms with Crippen molar-refractivity contribution in [2.24, 2.45) is 0 Å². The lowest BCUT2D eigenvalue weighted by Gasteiger charge is -2.07. The van der Waals surface area contributed by atoms with Crippen molar-refractivity contribution in [3.8, 4) is 5.75 Å². The molecule has 0 saturated heterocycles. The molecule has 0 radical (unpaired) electrons. The van der Waals surface area contributed by atoms with Crippen LogP contribution < -0.4 is 10.1 Å². The summed E-state index contributed by atoms with van der Waals surface area (Å²) in [5.74, 6) is 0.694. The highest BCUT2D eigenvalue weighted by Crippen LogP contribution is 2.16. The zero-order valence-electron chi connectivity index (χ0n) is 11.1. The van der Waals surface area contributed by atoms with Crippen molar-refractivity contribution in [2.45, 2.75) is 13.8 Å². The summed E-state index contributed by atoms with van der Waals surface area (Å²) < 4.78 is 5.35. The van der Waals surface area contributed by atoms with Gasteiger partial charge < -0.3 is 10.1 Å². The van der Waals surface area contributed by atoms with Gasteiger partial charge in [0.25, 0.3) is 5.91 Å². The van der Waals surface area contributed by atoms with Crippen LogP contribution in [0, 0.1) is 6.92 Å². The summed E-state index contributed by atoms with van der Waals surface area (Å²) in [6.45, 7) is 4.57. The molecule has 3 nitrogen and oxygen atoms in total. The molecule has 2 rings (SSSR count). The molecule has 98 valence electrons. The number of amides is 1. The average molecular weight is 255 g/mol. The molecule has 0 atom stereocenters. The third-order valence-corrected chi connectivity index (χ3v) is 2.74. The molecule has 3 heteroatoms. The minimum atomic E-state index is -0.107. The Bertz CT molecular complexity index is 544. The molecular weight excluding hydrogens is 238 g/mol. The molecule has 0 aliphatic carbocycles. The van der Waals surface area contributed by atoms with E-state index in [0.717, 1.165) is 17.0 Å². The Hall–Kier alpha value is -2.29. The molecule has 0 heterocycles. The lowest BCUT2D eigenvalue weighted by atomic mass is 10.1. The number of nitrogens with one attached hydrogen (secondary N) is 1. The first-order valence-corrected chi connectivity index (χ1v) is 6.30. The molecule has 19 heavy (non-hydrogen) atoms. The van der Waals surface area contributed by atoms with Crippen LogP contribution in [-0.4, -0.2) is 12.5 Å². The predicted octanol–water partition coefficient (Wildman–Crippen LogP) is 3.65. The highest BCUT2D eigenvalue weighted by molar-refractivity contribution is 6.04. The second-order valence-corrected chi connectivity index (χ2v) is 4.28. The van der Waals surface area contributed by atoms with Gasteiger partial charge in [0.2, 0.25) is 0 Å². The number of hydrogen-bond acceptors (Lipinski definition) is 2. The molecule has 0 aliphatic rings. The molecule has 2 aromatic carbocycles. The van der Waals surface area contributed by atoms with Crippen LogP contribution in [0.15, 0.2) is 48.5 Å². The molecule has 0 saturated carbocycles. The predicted molar refractivity (Wildman–Crippen MR) is 76.7 cm³/mol. The molecule has 0 spiro atoms. The first-order valence-electron chi connectivity index (χ1n) is 6.30. The Morgan fingerprint density at radius 2 is 1.68 bits per heavy atom. The van der Waals surface area contributed by atoms with Crippen LogP contribution in [0.2, 0.25) is 0 Å². The van der Waals surface area contributed by atoms with Gasteiger partial charge in [-0.1, -0.05) is 17.7 Å². The Balaban J connectivity index is 2.04. The zero-order chi connectivity index (χ0) is 13.7. The summed E-state index contributed by atoms with van der Waals surface area (Å²) in [7, 11) is 0. The molecule has 0 aromatic heterocycles. The van der Waals surface area contributed by atoms with Crippen LogP contribution in [0.4, 0.5) is 5.69 Å². The van der Waals surface area contributed by atoms with Crippen LogP contribution >= 0.6 is 0 Å². The molecule has 0 aliphatic heterocycles. The van der Waals surface area contributed by atoms with Gasteiger partial charge in [-0.25, -0.2) is 0 Å². The normalized spacial score (nSPS) is 10.0. The fraction of sp³-hybridized carbons (Fsp3) is 0.188. The molecule has 1 amide bonds. The lowest BCUT2D eigenvalue weighted by molar-refractivity contribution is 0.102. The average Bonchev–Trinajstić information content (AvgIpc) is 2.42. The summed E-state index contributed by atoms with van der Waals surface area (Å²) in [5.41, 5.74) is 2.55. The second-order valence-electron chi connectivity index (χ2n) is 4.28. The Morgan fingerprint density at radius 1 is 1.05 bits per heavy atom. The second kappa shape index (κ2) is 6.05. The monoisotopic (exact) mass is 255 g/mol. The first-order chi connectivity index (χ1) is 9.19. The third-order valence-electron chi connectivity index (χ3n) is 2.74. The topological polar surface area (TPSA) is 38.3 Å². The number of carbonyl (C=O) groups is 1. The fourth-order valence-corrected chi connectivity index (χ4v) is 1.71. The van der Waals surface area contributed by atoms with Gasteiger partial charge in [-0.15, -0.1) is 0 Å². The van der Waals surface area contributed by atoms with Crippen LogP contribution in [-0.2, 0) is 0 Å². The van der Waals surface area contributed by atoms with Crippen molar-refractivity contribution < 1.29 is 9.53 Å². The van der Waals surface area contributed by atoms with Crippen LogP contribution in [0.25, 0.3) is 0 Å². The van der Waals surface area contributed by atoms with Gasteiger partial charge in [-0.2, -0.15) is 0 Å². The quantitative estimate of drug-likeness (QED) is 0.905. The SMILES string of the molecule is CCOc1ccc(NC(=O)c2ccc(C)cc2)cc1. The van der Waals surface area contributed by atoms with E-state index in [-0.39, 0.29) is 5.91 Å². The molecular formula is C16H17NO2. The van der Waals surface area contributed by atoms with E-state index < -0.39 is 0 Å². The molecule has 0 bridgehead atoms. The van der Waals surface area contributed by atoms with Crippen molar-refractivity contribution in [1.82, 2.24) is 0 Å². The molecule has 1 N–H and O–H groups in total. The lowest BCUT2D eigenvalue weighted by Crippen LogP contribution is -2.11. The highest BCUT2D eigenvalue weighted by atomic mass is 16.5. The number of ether oxygens (including phenoxy) is 1. The van der Waals surface area contributed by atoms with Gasteiger partial charge >= 0.3 is 0 Å². The molecule has 0 unspecified atom stereocenters. The largest absolute Gasteiger partial charge is 0.494 e. The number of anilines is 1. The van der Waals surface area contributed by atoms with E-state index in [1.54, 1.807) is 0 Å². The smallest absolute Gasteiger partial charge is 0.255 e. The highest BCUT2D eigenvalue weighted by Gasteiger charge is 2.05. The van der Waals surface area contributed by atoms with Gasteiger partial charge in [-0.3, -0.25) is 4.79 Å². The maximum Gasteiger partial charge on any atom is 0.255 e. The zero-order valence-corrected chi connectivity index (χ0v) is 11.1. The number of carbonyl (C=O) groups excluding carboxylic acids is 1. The van der Waals surface area contributed by atoms with Crippen LogP contribution in [0.3, 0.4) is 0 Å². The minimum Gasteiger partial charge on any atom is -0.494 e. The Morgan fingerprint density at radius 3 is 2.26 bits per heavy atom. The Kier molecular flexibility index (Phi) is 4.18. The summed E-state index contributed by atoms with van der Waals surface area (Å²) in [4.78, 5) is 12.0. The van der Waals surface area contributed by atoms with Gasteiger partial charge in [0.15, 0.2) is 0 Å². The van der Waals surface area contributed by atoms with E-state index in [1.165, 1.54) is 0 Å². The maximum absolute atomic E-state index is 12.0. The number of benzene rings is 2. The molecule has 2 aromatic rings. The van der Waals surface area contributed by atoms with E-state index in [9.17, 15) is 4.79 Å². The number of hydrogen-bond donors (Lipinski definition) is 1. The van der Waals surface area contributed by atoms with Crippen LogP contribution in [0.5, 0.6) is 5.75 Å². The van der Waals surface area contributed by atoms with Gasteiger partial charge in [-0.05, 0) is 50.2 Å². The van der Waals surface area contributed by atoms with Crippen molar-refractivity contribution in [3.63, 3.8) is 0 Å². The first kappa shape index (κ1) is 13.1. The van der Waals surface area contributed by atoms with E-state index in [1.807, 2.05) is 62.4 Å². The Labute approximate surface area is 113 Å². The van der Waals surface area contributed by atoms with E-state index in [4.69, 9.17) is 4.74 Å². The van der Waals surface area contributed by atoms with Crippen molar-refractivity contribution >= 4 is 11.6 Å². The van der Waals surface area contributed by atoms with E-state index in [0.29, 0.717) is 12.2 Å². The van der Waals surface area contributed by atoms with E-state index >= 15 is 0 Å². The van der Waals surface area contributed by atoms with Gasteiger partial charge in [0.05, 0.1) is 6.61 Å². The van der Waals surface area contributed by atoms with Gasteiger partial charge in [0.1, 0.15) is 5.75 Å². The summed E-state index contributed by atoms with van der Waals surface area (Å²) >= 11 is 0. The number of aryl methyl sites for hydroxylation is 1. The standard InChI is InChI=1S/C16H17NO2/c1-3-19-15-10-8-14(9-11-15)17-16(18)13-6-4-12(2)5-7-13/h4-11H,3H2,1-2H3,(H,17,18). The van der Waals surface area contributed by atoms with Gasteiger partial charge in [0, 0.05) is 11.3 Å². The van der Waals surface area contributed by atoms with E-state index in [2.05, 4.69) is 5.32 Å².